The Kier molecular flexibility index (Phi) is 5.07. The highest BCUT2D eigenvalue weighted by Crippen LogP contribution is 2.29. The molecule has 1 N–H and O–H groups in total. The van der Waals surface area contributed by atoms with E-state index in [-0.39, 0.29) is 11.9 Å². The maximum atomic E-state index is 14.4. The van der Waals surface area contributed by atoms with Crippen molar-refractivity contribution in [2.45, 2.75) is 19.9 Å². The summed E-state index contributed by atoms with van der Waals surface area (Å²) in [7, 11) is 0. The smallest absolute Gasteiger partial charge is 0.155 e. The Hall–Kier alpha value is -3.78. The van der Waals surface area contributed by atoms with Crippen LogP contribution >= 0.6 is 11.6 Å². The summed E-state index contributed by atoms with van der Waals surface area (Å²) in [6, 6.07) is 15.8. The molecule has 160 valence electrons. The van der Waals surface area contributed by atoms with Crippen molar-refractivity contribution in [1.29, 1.82) is 0 Å². The first kappa shape index (κ1) is 20.1. The number of nitrogens with zero attached hydrogens (tertiary/aromatic N) is 6. The van der Waals surface area contributed by atoms with Gasteiger partial charge in [0.15, 0.2) is 11.5 Å². The van der Waals surface area contributed by atoms with Gasteiger partial charge in [0.2, 0.25) is 0 Å². The van der Waals surface area contributed by atoms with Crippen molar-refractivity contribution in [2.75, 3.05) is 5.32 Å². The standard InChI is InChI=1S/C23H19ClFN7/c1-14-4-3-5-23(28-14)32-20(16-6-9-22-26-13-27-31(22)12-16)11-21(30-32)29-15(2)18-8-7-17(24)10-19(18)25/h3-13,15H,1-2H3,(H,29,30). The van der Waals surface area contributed by atoms with Crippen LogP contribution in [-0.2, 0) is 0 Å². The van der Waals surface area contributed by atoms with Gasteiger partial charge in [0.05, 0.1) is 11.7 Å². The minimum atomic E-state index is -0.367. The Bertz CT molecular complexity index is 1430. The predicted molar refractivity (Wildman–Crippen MR) is 122 cm³/mol. The van der Waals surface area contributed by atoms with Gasteiger partial charge in [-0.05, 0) is 50.2 Å². The maximum Gasteiger partial charge on any atom is 0.155 e. The van der Waals surface area contributed by atoms with E-state index < -0.39 is 0 Å². The van der Waals surface area contributed by atoms with Crippen LogP contribution in [0.15, 0.2) is 67.1 Å². The lowest BCUT2D eigenvalue weighted by molar-refractivity contribution is 0.600. The average Bonchev–Trinajstić information content (AvgIpc) is 3.40. The van der Waals surface area contributed by atoms with Gasteiger partial charge in [-0.1, -0.05) is 23.7 Å². The molecule has 0 aliphatic rings. The van der Waals surface area contributed by atoms with Gasteiger partial charge in [0.1, 0.15) is 18.0 Å². The molecule has 5 aromatic rings. The molecule has 9 heteroatoms. The van der Waals surface area contributed by atoms with Gasteiger partial charge in [0.25, 0.3) is 0 Å². The second-order valence-electron chi connectivity index (χ2n) is 7.48. The third kappa shape index (κ3) is 3.80. The van der Waals surface area contributed by atoms with Crippen LogP contribution in [0.2, 0.25) is 5.02 Å². The van der Waals surface area contributed by atoms with Crippen LogP contribution in [-0.4, -0.2) is 29.4 Å². The lowest BCUT2D eigenvalue weighted by Gasteiger charge is -2.14. The van der Waals surface area contributed by atoms with Crippen molar-refractivity contribution in [2.24, 2.45) is 0 Å². The van der Waals surface area contributed by atoms with Crippen LogP contribution < -0.4 is 5.32 Å². The summed E-state index contributed by atoms with van der Waals surface area (Å²) in [6.07, 6.45) is 3.39. The molecule has 1 unspecified atom stereocenters. The molecule has 0 radical (unpaired) electrons. The fourth-order valence-electron chi connectivity index (χ4n) is 3.60. The highest BCUT2D eigenvalue weighted by molar-refractivity contribution is 6.30. The zero-order valence-electron chi connectivity index (χ0n) is 17.4. The van der Waals surface area contributed by atoms with Crippen LogP contribution in [0.25, 0.3) is 22.7 Å². The Morgan fingerprint density at radius 1 is 1.09 bits per heavy atom. The van der Waals surface area contributed by atoms with Gasteiger partial charge in [-0.25, -0.2) is 23.6 Å². The second kappa shape index (κ2) is 8.05. The number of aryl methyl sites for hydroxylation is 1. The summed E-state index contributed by atoms with van der Waals surface area (Å²) in [5.74, 6) is 0.898. The number of fused-ring (bicyclic) bond motifs is 1. The van der Waals surface area contributed by atoms with Crippen LogP contribution in [0.1, 0.15) is 24.2 Å². The number of aromatic nitrogens is 6. The average molecular weight is 448 g/mol. The zero-order valence-corrected chi connectivity index (χ0v) is 18.1. The molecule has 0 fully saturated rings. The van der Waals surface area contributed by atoms with E-state index >= 15 is 0 Å². The van der Waals surface area contributed by atoms with Gasteiger partial charge in [-0.2, -0.15) is 5.10 Å². The van der Waals surface area contributed by atoms with Crippen LogP contribution in [0.5, 0.6) is 0 Å². The Morgan fingerprint density at radius 3 is 2.78 bits per heavy atom. The minimum absolute atomic E-state index is 0.327. The predicted octanol–water partition coefficient (Wildman–Crippen LogP) is 5.25. The number of benzene rings is 1. The van der Waals surface area contributed by atoms with Crippen molar-refractivity contribution in [3.05, 3.63) is 89.2 Å². The fourth-order valence-corrected chi connectivity index (χ4v) is 3.76. The molecular weight excluding hydrogens is 429 g/mol. The number of hydrogen-bond donors (Lipinski definition) is 1. The summed E-state index contributed by atoms with van der Waals surface area (Å²) in [6.45, 7) is 3.80. The van der Waals surface area contributed by atoms with Gasteiger partial charge < -0.3 is 5.32 Å². The highest BCUT2D eigenvalue weighted by Gasteiger charge is 2.17. The number of hydrogen-bond acceptors (Lipinski definition) is 5. The molecule has 0 aliphatic heterocycles. The lowest BCUT2D eigenvalue weighted by Crippen LogP contribution is -2.10. The largest absolute Gasteiger partial charge is 0.362 e. The SMILES string of the molecule is Cc1cccc(-n2nc(NC(C)c3ccc(Cl)cc3F)cc2-c2ccc3ncnn3c2)n1. The molecule has 0 saturated carbocycles. The third-order valence-electron chi connectivity index (χ3n) is 5.16. The molecule has 0 amide bonds. The summed E-state index contributed by atoms with van der Waals surface area (Å²) in [4.78, 5) is 8.82. The molecule has 0 saturated heterocycles. The molecule has 1 atom stereocenters. The topological polar surface area (TPSA) is 72.9 Å². The van der Waals surface area contributed by atoms with Crippen molar-refractivity contribution in [3.8, 4) is 17.1 Å². The number of pyridine rings is 2. The van der Waals surface area contributed by atoms with Crippen molar-refractivity contribution < 1.29 is 4.39 Å². The van der Waals surface area contributed by atoms with Gasteiger partial charge in [0, 0.05) is 34.1 Å². The Labute approximate surface area is 188 Å². The fraction of sp³-hybridized carbons (Fsp3) is 0.130. The van der Waals surface area contributed by atoms with Crippen molar-refractivity contribution >= 4 is 23.1 Å². The summed E-state index contributed by atoms with van der Waals surface area (Å²) in [5, 5.41) is 12.6. The Balaban J connectivity index is 1.57. The first-order valence-electron chi connectivity index (χ1n) is 10.0. The number of rotatable bonds is 5. The molecular formula is C23H19ClFN7. The highest BCUT2D eigenvalue weighted by atomic mass is 35.5. The quantitative estimate of drug-likeness (QED) is 0.398. The van der Waals surface area contributed by atoms with Crippen molar-refractivity contribution in [3.63, 3.8) is 0 Å². The summed E-state index contributed by atoms with van der Waals surface area (Å²) >= 11 is 5.89. The second-order valence-corrected chi connectivity index (χ2v) is 7.91. The molecule has 5 rings (SSSR count). The monoisotopic (exact) mass is 447 g/mol. The van der Waals surface area contributed by atoms with E-state index in [4.69, 9.17) is 16.7 Å². The van der Waals surface area contributed by atoms with Crippen LogP contribution in [0.4, 0.5) is 10.2 Å². The normalized spacial score (nSPS) is 12.2. The molecule has 4 aromatic heterocycles. The van der Waals surface area contributed by atoms with E-state index in [1.54, 1.807) is 21.3 Å². The first-order chi connectivity index (χ1) is 15.5. The van der Waals surface area contributed by atoms with Crippen LogP contribution in [0, 0.1) is 12.7 Å². The molecule has 0 bridgehead atoms. The molecule has 4 heterocycles. The number of halogens is 2. The Morgan fingerprint density at radius 2 is 1.97 bits per heavy atom. The number of anilines is 1. The van der Waals surface area contributed by atoms with E-state index in [1.165, 1.54) is 12.4 Å². The van der Waals surface area contributed by atoms with Crippen molar-refractivity contribution in [1.82, 2.24) is 29.4 Å². The van der Waals surface area contributed by atoms with Gasteiger partial charge in [-0.15, -0.1) is 5.10 Å². The maximum absolute atomic E-state index is 14.4. The lowest BCUT2D eigenvalue weighted by atomic mass is 10.1. The van der Waals surface area contributed by atoms with E-state index in [9.17, 15) is 4.39 Å². The van der Waals surface area contributed by atoms with Gasteiger partial charge in [-0.3, -0.25) is 0 Å². The molecule has 0 aliphatic carbocycles. The van der Waals surface area contributed by atoms with E-state index in [0.717, 1.165) is 22.6 Å². The zero-order chi connectivity index (χ0) is 22.2. The molecule has 32 heavy (non-hydrogen) atoms. The minimum Gasteiger partial charge on any atom is -0.362 e. The number of nitrogens with one attached hydrogen (secondary N) is 1. The van der Waals surface area contributed by atoms with E-state index in [0.29, 0.717) is 22.2 Å². The molecule has 7 nitrogen and oxygen atoms in total. The van der Waals surface area contributed by atoms with Gasteiger partial charge >= 0.3 is 0 Å². The summed E-state index contributed by atoms with van der Waals surface area (Å²) in [5.41, 5.74) is 3.83. The van der Waals surface area contributed by atoms with E-state index in [2.05, 4.69) is 20.4 Å². The summed E-state index contributed by atoms with van der Waals surface area (Å²) < 4.78 is 17.9. The first-order valence-corrected chi connectivity index (χ1v) is 10.4. The van der Waals surface area contributed by atoms with E-state index in [1.807, 2.05) is 56.4 Å². The third-order valence-corrected chi connectivity index (χ3v) is 5.40. The molecule has 1 aromatic carbocycles. The van der Waals surface area contributed by atoms with Crippen LogP contribution in [0.3, 0.4) is 0 Å². The molecule has 0 spiro atoms.